The van der Waals surface area contributed by atoms with Crippen molar-refractivity contribution in [1.29, 1.82) is 0 Å². The van der Waals surface area contributed by atoms with E-state index in [0.717, 1.165) is 5.56 Å². The zero-order chi connectivity index (χ0) is 16.4. The average molecular weight is 357 g/mol. The van der Waals surface area contributed by atoms with E-state index in [1.54, 1.807) is 7.11 Å². The van der Waals surface area contributed by atoms with Gasteiger partial charge in [0.05, 0.1) is 13.2 Å². The molecule has 23 heavy (non-hydrogen) atoms. The van der Waals surface area contributed by atoms with Crippen molar-refractivity contribution >= 4 is 18.3 Å². The maximum atomic E-state index is 12.0. The third kappa shape index (κ3) is 10.8. The molecule has 0 heterocycles. The Labute approximate surface area is 138 Å². The number of methoxy groups -OCH3 is 1. The Morgan fingerprint density at radius 1 is 1.17 bits per heavy atom. The number of carbonyl (C=O) groups excluding carboxylic acids is 1. The van der Waals surface area contributed by atoms with Gasteiger partial charge in [-0.1, -0.05) is 12.1 Å². The third-order valence-electron chi connectivity index (χ3n) is 2.66. The first-order valence-electron chi connectivity index (χ1n) is 6.72. The molecular weight excluding hydrogens is 337 g/mol. The maximum Gasteiger partial charge on any atom is 0.573 e. The molecule has 0 fully saturated rings. The Morgan fingerprint density at radius 2 is 1.83 bits per heavy atom. The van der Waals surface area contributed by atoms with Crippen molar-refractivity contribution in [3.05, 3.63) is 29.8 Å². The van der Waals surface area contributed by atoms with E-state index in [1.807, 2.05) is 0 Å². The van der Waals surface area contributed by atoms with Gasteiger partial charge in [-0.15, -0.1) is 25.6 Å². The first kappa shape index (κ1) is 21.5. The summed E-state index contributed by atoms with van der Waals surface area (Å²) in [5.41, 5.74) is 0.808. The van der Waals surface area contributed by atoms with Crippen molar-refractivity contribution < 1.29 is 27.4 Å². The van der Waals surface area contributed by atoms with Crippen molar-refractivity contribution in [2.45, 2.75) is 12.8 Å². The van der Waals surface area contributed by atoms with Crippen LogP contribution in [0.1, 0.15) is 5.56 Å². The number of nitrogens with one attached hydrogen (secondary N) is 2. The molecule has 0 atom stereocenters. The van der Waals surface area contributed by atoms with Gasteiger partial charge in [-0.05, 0) is 24.1 Å². The summed E-state index contributed by atoms with van der Waals surface area (Å²) in [4.78, 5) is 11.4. The number of hydrogen-bond acceptors (Lipinski definition) is 4. The molecule has 0 saturated carbocycles. The third-order valence-corrected chi connectivity index (χ3v) is 2.66. The normalized spacial score (nSPS) is 10.8. The molecule has 1 amide bonds. The highest BCUT2D eigenvalue weighted by Gasteiger charge is 2.30. The van der Waals surface area contributed by atoms with Gasteiger partial charge in [0.1, 0.15) is 5.75 Å². The first-order chi connectivity index (χ1) is 10.4. The minimum Gasteiger partial charge on any atom is -0.406 e. The molecule has 1 aromatic rings. The van der Waals surface area contributed by atoms with Gasteiger partial charge in [-0.3, -0.25) is 4.79 Å². The lowest BCUT2D eigenvalue weighted by atomic mass is 10.1. The predicted molar refractivity (Wildman–Crippen MR) is 81.8 cm³/mol. The van der Waals surface area contributed by atoms with Crippen LogP contribution in [-0.2, 0) is 16.0 Å². The molecule has 0 spiro atoms. The molecule has 0 aliphatic rings. The number of hydrogen-bond donors (Lipinski definition) is 2. The molecule has 9 heteroatoms. The summed E-state index contributed by atoms with van der Waals surface area (Å²) < 4.78 is 44.6. The number of alkyl halides is 3. The smallest absolute Gasteiger partial charge is 0.406 e. The van der Waals surface area contributed by atoms with Crippen LogP contribution in [0.3, 0.4) is 0 Å². The van der Waals surface area contributed by atoms with Gasteiger partial charge < -0.3 is 20.1 Å². The lowest BCUT2D eigenvalue weighted by molar-refractivity contribution is -0.274. The van der Waals surface area contributed by atoms with Gasteiger partial charge >= 0.3 is 6.36 Å². The van der Waals surface area contributed by atoms with Crippen LogP contribution in [0.15, 0.2) is 24.3 Å². The Hall–Kier alpha value is -1.51. The SMILES string of the molecule is COCCNCC(=O)NCCc1ccc(OC(F)(F)F)cc1.Cl. The van der Waals surface area contributed by atoms with E-state index >= 15 is 0 Å². The Bertz CT molecular complexity index is 456. The summed E-state index contributed by atoms with van der Waals surface area (Å²) in [6.07, 6.45) is -4.17. The van der Waals surface area contributed by atoms with E-state index in [9.17, 15) is 18.0 Å². The summed E-state index contributed by atoms with van der Waals surface area (Å²) >= 11 is 0. The Balaban J connectivity index is 0.00000484. The molecular formula is C14H20ClF3N2O3. The lowest BCUT2D eigenvalue weighted by Crippen LogP contribution is -2.36. The fraction of sp³-hybridized carbons (Fsp3) is 0.500. The van der Waals surface area contributed by atoms with Crippen molar-refractivity contribution in [2.75, 3.05) is 33.4 Å². The molecule has 1 aromatic carbocycles. The molecule has 0 aliphatic heterocycles. The second-order valence-electron chi connectivity index (χ2n) is 4.46. The zero-order valence-corrected chi connectivity index (χ0v) is 13.4. The molecule has 132 valence electrons. The fourth-order valence-corrected chi connectivity index (χ4v) is 1.64. The fourth-order valence-electron chi connectivity index (χ4n) is 1.64. The van der Waals surface area contributed by atoms with Crippen molar-refractivity contribution in [1.82, 2.24) is 10.6 Å². The quantitative estimate of drug-likeness (QED) is 0.664. The van der Waals surface area contributed by atoms with Crippen LogP contribution in [0.2, 0.25) is 0 Å². The van der Waals surface area contributed by atoms with Crippen LogP contribution in [0, 0.1) is 0 Å². The lowest BCUT2D eigenvalue weighted by Gasteiger charge is -2.10. The number of rotatable bonds is 9. The minimum absolute atomic E-state index is 0. The second kappa shape index (κ2) is 11.1. The van der Waals surface area contributed by atoms with Gasteiger partial charge in [0.15, 0.2) is 0 Å². The maximum absolute atomic E-state index is 12.0. The second-order valence-corrected chi connectivity index (χ2v) is 4.46. The summed E-state index contributed by atoms with van der Waals surface area (Å²) in [6, 6.07) is 5.56. The van der Waals surface area contributed by atoms with Crippen LogP contribution >= 0.6 is 12.4 Å². The topological polar surface area (TPSA) is 59.6 Å². The number of halogens is 4. The molecule has 0 saturated heterocycles. The summed E-state index contributed by atoms with van der Waals surface area (Å²) in [5.74, 6) is -0.407. The summed E-state index contributed by atoms with van der Waals surface area (Å²) in [5, 5.41) is 5.61. The largest absolute Gasteiger partial charge is 0.573 e. The van der Waals surface area contributed by atoms with E-state index in [0.29, 0.717) is 26.1 Å². The zero-order valence-electron chi connectivity index (χ0n) is 12.6. The number of carbonyl (C=O) groups is 1. The van der Waals surface area contributed by atoms with Crippen LogP contribution in [-0.4, -0.2) is 45.6 Å². The van der Waals surface area contributed by atoms with Crippen molar-refractivity contribution in [2.24, 2.45) is 0 Å². The highest BCUT2D eigenvalue weighted by atomic mass is 35.5. The van der Waals surface area contributed by atoms with E-state index in [-0.39, 0.29) is 30.6 Å². The number of amides is 1. The standard InChI is InChI=1S/C14H19F3N2O3.ClH/c1-21-9-8-18-10-13(20)19-7-6-11-2-4-12(5-3-11)22-14(15,16)17;/h2-5,18H,6-10H2,1H3,(H,19,20);1H. The molecule has 0 aromatic heterocycles. The number of benzene rings is 1. The van der Waals surface area contributed by atoms with Crippen LogP contribution in [0.4, 0.5) is 13.2 Å². The Morgan fingerprint density at radius 3 is 2.39 bits per heavy atom. The Kier molecular flexibility index (Phi) is 10.4. The molecule has 1 rings (SSSR count). The van der Waals surface area contributed by atoms with Crippen LogP contribution in [0.5, 0.6) is 5.75 Å². The van der Waals surface area contributed by atoms with Crippen LogP contribution in [0.25, 0.3) is 0 Å². The number of ether oxygens (including phenoxy) is 2. The van der Waals surface area contributed by atoms with E-state index in [2.05, 4.69) is 15.4 Å². The molecule has 0 radical (unpaired) electrons. The minimum atomic E-state index is -4.69. The van der Waals surface area contributed by atoms with Crippen LogP contribution < -0.4 is 15.4 Å². The predicted octanol–water partition coefficient (Wildman–Crippen LogP) is 1.90. The molecule has 2 N–H and O–H groups in total. The highest BCUT2D eigenvalue weighted by molar-refractivity contribution is 5.85. The van der Waals surface area contributed by atoms with Crippen molar-refractivity contribution in [3.63, 3.8) is 0 Å². The average Bonchev–Trinajstić information content (AvgIpc) is 2.44. The van der Waals surface area contributed by atoms with Gasteiger partial charge in [0, 0.05) is 20.2 Å². The van der Waals surface area contributed by atoms with Gasteiger partial charge in [-0.2, -0.15) is 0 Å². The van der Waals surface area contributed by atoms with Gasteiger partial charge in [0.25, 0.3) is 0 Å². The highest BCUT2D eigenvalue weighted by Crippen LogP contribution is 2.22. The van der Waals surface area contributed by atoms with E-state index in [4.69, 9.17) is 4.74 Å². The molecule has 0 bridgehead atoms. The van der Waals surface area contributed by atoms with Gasteiger partial charge in [0.2, 0.25) is 5.91 Å². The first-order valence-corrected chi connectivity index (χ1v) is 6.72. The van der Waals surface area contributed by atoms with E-state index in [1.165, 1.54) is 24.3 Å². The van der Waals surface area contributed by atoms with E-state index < -0.39 is 6.36 Å². The van der Waals surface area contributed by atoms with Gasteiger partial charge in [-0.25, -0.2) is 0 Å². The molecule has 0 aliphatic carbocycles. The molecule has 0 unspecified atom stereocenters. The van der Waals surface area contributed by atoms with Crippen molar-refractivity contribution in [3.8, 4) is 5.75 Å². The molecule has 5 nitrogen and oxygen atoms in total. The monoisotopic (exact) mass is 356 g/mol. The summed E-state index contributed by atoms with van der Waals surface area (Å²) in [7, 11) is 1.58. The summed E-state index contributed by atoms with van der Waals surface area (Å²) in [6.45, 7) is 1.72.